The number of nitrogens with two attached hydrogens (primary N) is 2. The third kappa shape index (κ3) is 2.75. The van der Waals surface area contributed by atoms with Crippen LogP contribution in [0.2, 0.25) is 0 Å². The molecule has 5 nitrogen and oxygen atoms in total. The van der Waals surface area contributed by atoms with Crippen LogP contribution in [0.4, 0.5) is 4.79 Å². The lowest BCUT2D eigenvalue weighted by atomic mass is 10.1. The fourth-order valence-corrected chi connectivity index (χ4v) is 2.25. The number of nitrogens with one attached hydrogen (secondary N) is 1. The predicted octanol–water partition coefficient (Wildman–Crippen LogP) is 0.816. The molecule has 0 fully saturated rings. The molecule has 0 aromatic heterocycles. The summed E-state index contributed by atoms with van der Waals surface area (Å²) in [6, 6.07) is 8.46. The van der Waals surface area contributed by atoms with Crippen LogP contribution in [0.5, 0.6) is 0 Å². The minimum Gasteiger partial charge on any atom is -0.448 e. The zero-order chi connectivity index (χ0) is 12.3. The Morgan fingerprint density at radius 1 is 1.41 bits per heavy atom. The molecule has 1 aliphatic rings. The number of ether oxygens (including phenoxy) is 1. The Labute approximate surface area is 100 Å². The maximum Gasteiger partial charge on any atom is 0.404 e. The van der Waals surface area contributed by atoms with Crippen LogP contribution in [0.1, 0.15) is 29.6 Å². The molecule has 5 N–H and O–H groups in total. The van der Waals surface area contributed by atoms with Gasteiger partial charge in [0.1, 0.15) is 6.61 Å². The van der Waals surface area contributed by atoms with E-state index in [1.54, 1.807) is 0 Å². The summed E-state index contributed by atoms with van der Waals surface area (Å²) in [7, 11) is 0. The van der Waals surface area contributed by atoms with E-state index < -0.39 is 6.09 Å². The molecule has 0 spiro atoms. The van der Waals surface area contributed by atoms with Crippen LogP contribution in [0, 0.1) is 0 Å². The highest BCUT2D eigenvalue weighted by Crippen LogP contribution is 2.36. The third-order valence-electron chi connectivity index (χ3n) is 3.00. The second-order valence-corrected chi connectivity index (χ2v) is 4.15. The molecule has 0 bridgehead atoms. The fraction of sp³-hybridized carbons (Fsp3) is 0.417. The SMILES string of the molecule is NC(=O)OCCNC1CC(N)c2ccccc21. The molecule has 1 aliphatic carbocycles. The average molecular weight is 235 g/mol. The van der Waals surface area contributed by atoms with Gasteiger partial charge in [0.05, 0.1) is 0 Å². The van der Waals surface area contributed by atoms with Gasteiger partial charge in [0.25, 0.3) is 0 Å². The van der Waals surface area contributed by atoms with Crippen molar-refractivity contribution >= 4 is 6.09 Å². The molecular formula is C12H17N3O2. The first-order valence-electron chi connectivity index (χ1n) is 5.68. The van der Waals surface area contributed by atoms with Crippen LogP contribution in [-0.2, 0) is 4.74 Å². The Bertz CT molecular complexity index is 408. The van der Waals surface area contributed by atoms with E-state index in [2.05, 4.69) is 22.2 Å². The summed E-state index contributed by atoms with van der Waals surface area (Å²) in [4.78, 5) is 10.4. The second-order valence-electron chi connectivity index (χ2n) is 4.15. The molecule has 2 unspecified atom stereocenters. The molecule has 0 saturated heterocycles. The van der Waals surface area contributed by atoms with Gasteiger partial charge in [-0.2, -0.15) is 0 Å². The number of hydrogen-bond donors (Lipinski definition) is 3. The summed E-state index contributed by atoms with van der Waals surface area (Å²) in [5.74, 6) is 0. The minimum atomic E-state index is -0.740. The molecular weight excluding hydrogens is 218 g/mol. The number of fused-ring (bicyclic) bond motifs is 1. The van der Waals surface area contributed by atoms with Gasteiger partial charge in [0, 0.05) is 18.6 Å². The van der Waals surface area contributed by atoms with Crippen LogP contribution in [0.3, 0.4) is 0 Å². The van der Waals surface area contributed by atoms with Gasteiger partial charge >= 0.3 is 6.09 Å². The van der Waals surface area contributed by atoms with Crippen molar-refractivity contribution in [3.8, 4) is 0 Å². The molecule has 2 rings (SSSR count). The molecule has 1 amide bonds. The molecule has 17 heavy (non-hydrogen) atoms. The van der Waals surface area contributed by atoms with Crippen molar-refractivity contribution < 1.29 is 9.53 Å². The van der Waals surface area contributed by atoms with Crippen LogP contribution in [-0.4, -0.2) is 19.2 Å². The lowest BCUT2D eigenvalue weighted by molar-refractivity contribution is 0.156. The topological polar surface area (TPSA) is 90.4 Å². The average Bonchev–Trinajstić information content (AvgIpc) is 2.63. The van der Waals surface area contributed by atoms with Crippen molar-refractivity contribution in [1.29, 1.82) is 0 Å². The molecule has 1 aromatic rings. The molecule has 0 radical (unpaired) electrons. The van der Waals surface area contributed by atoms with Gasteiger partial charge in [-0.15, -0.1) is 0 Å². The first-order valence-corrected chi connectivity index (χ1v) is 5.68. The molecule has 2 atom stereocenters. The van der Waals surface area contributed by atoms with E-state index in [-0.39, 0.29) is 18.7 Å². The van der Waals surface area contributed by atoms with Gasteiger partial charge in [0.2, 0.25) is 0 Å². The summed E-state index contributed by atoms with van der Waals surface area (Å²) in [5, 5.41) is 3.31. The number of carbonyl (C=O) groups excluding carboxylic acids is 1. The molecule has 1 aromatic carbocycles. The minimum absolute atomic E-state index is 0.0840. The molecule has 0 heterocycles. The van der Waals surface area contributed by atoms with Crippen LogP contribution in [0.25, 0.3) is 0 Å². The lowest BCUT2D eigenvalue weighted by Crippen LogP contribution is -2.26. The van der Waals surface area contributed by atoms with Gasteiger partial charge < -0.3 is 21.5 Å². The van der Waals surface area contributed by atoms with E-state index in [4.69, 9.17) is 11.5 Å². The number of amides is 1. The standard InChI is InChI=1S/C12H17N3O2/c13-10-7-11(15-5-6-17-12(14)16)9-4-2-1-3-8(9)10/h1-4,10-11,15H,5-7,13H2,(H2,14,16). The largest absolute Gasteiger partial charge is 0.448 e. The Balaban J connectivity index is 1.89. The first kappa shape index (κ1) is 11.9. The maximum absolute atomic E-state index is 10.4. The van der Waals surface area contributed by atoms with E-state index >= 15 is 0 Å². The van der Waals surface area contributed by atoms with Gasteiger partial charge in [-0.25, -0.2) is 4.79 Å². The van der Waals surface area contributed by atoms with Crippen molar-refractivity contribution in [3.63, 3.8) is 0 Å². The third-order valence-corrected chi connectivity index (χ3v) is 3.00. The number of hydrogen-bond acceptors (Lipinski definition) is 4. The highest BCUT2D eigenvalue weighted by Gasteiger charge is 2.27. The fourth-order valence-electron chi connectivity index (χ4n) is 2.25. The van der Waals surface area contributed by atoms with Crippen LogP contribution in [0.15, 0.2) is 24.3 Å². The second kappa shape index (κ2) is 5.16. The normalized spacial score (nSPS) is 22.2. The van der Waals surface area contributed by atoms with Crippen molar-refractivity contribution in [1.82, 2.24) is 5.32 Å². The lowest BCUT2D eigenvalue weighted by Gasteiger charge is -2.13. The number of primary amides is 1. The number of benzene rings is 1. The molecule has 5 heteroatoms. The summed E-state index contributed by atoms with van der Waals surface area (Å²) in [6.07, 6.45) is 0.131. The quantitative estimate of drug-likeness (QED) is 0.674. The van der Waals surface area contributed by atoms with E-state index in [0.717, 1.165) is 6.42 Å². The first-order chi connectivity index (χ1) is 8.18. The van der Waals surface area contributed by atoms with Crippen molar-refractivity contribution in [2.24, 2.45) is 11.5 Å². The number of rotatable bonds is 4. The van der Waals surface area contributed by atoms with E-state index in [1.165, 1.54) is 11.1 Å². The van der Waals surface area contributed by atoms with Gasteiger partial charge in [-0.1, -0.05) is 24.3 Å². The smallest absolute Gasteiger partial charge is 0.404 e. The van der Waals surface area contributed by atoms with E-state index in [1.807, 2.05) is 12.1 Å². The molecule has 0 aliphatic heterocycles. The Hall–Kier alpha value is -1.59. The highest BCUT2D eigenvalue weighted by atomic mass is 16.5. The maximum atomic E-state index is 10.4. The monoisotopic (exact) mass is 235 g/mol. The summed E-state index contributed by atoms with van der Waals surface area (Å²) in [5.41, 5.74) is 13.4. The highest BCUT2D eigenvalue weighted by molar-refractivity contribution is 5.64. The van der Waals surface area contributed by atoms with Crippen molar-refractivity contribution in [2.75, 3.05) is 13.2 Å². The zero-order valence-electron chi connectivity index (χ0n) is 9.56. The van der Waals surface area contributed by atoms with Crippen molar-refractivity contribution in [3.05, 3.63) is 35.4 Å². The van der Waals surface area contributed by atoms with Crippen LogP contribution >= 0.6 is 0 Å². The van der Waals surface area contributed by atoms with E-state index in [9.17, 15) is 4.79 Å². The number of carbonyl (C=O) groups is 1. The van der Waals surface area contributed by atoms with Gasteiger partial charge in [0.15, 0.2) is 0 Å². The Morgan fingerprint density at radius 3 is 2.82 bits per heavy atom. The van der Waals surface area contributed by atoms with Gasteiger partial charge in [-0.3, -0.25) is 0 Å². The summed E-state index contributed by atoms with van der Waals surface area (Å²) < 4.78 is 4.66. The Morgan fingerprint density at radius 2 is 2.12 bits per heavy atom. The predicted molar refractivity (Wildman–Crippen MR) is 64.3 cm³/mol. The zero-order valence-corrected chi connectivity index (χ0v) is 9.56. The summed E-state index contributed by atoms with van der Waals surface area (Å²) >= 11 is 0. The molecule has 0 saturated carbocycles. The summed E-state index contributed by atoms with van der Waals surface area (Å²) in [6.45, 7) is 0.859. The molecule has 92 valence electrons. The van der Waals surface area contributed by atoms with E-state index in [0.29, 0.717) is 6.54 Å². The Kier molecular flexibility index (Phi) is 3.61. The van der Waals surface area contributed by atoms with Crippen LogP contribution < -0.4 is 16.8 Å². The van der Waals surface area contributed by atoms with Crippen molar-refractivity contribution in [2.45, 2.75) is 18.5 Å². The van der Waals surface area contributed by atoms with Gasteiger partial charge in [-0.05, 0) is 17.5 Å².